The smallest absolute Gasteiger partial charge is 0.237 e. The number of aromatic nitrogens is 1. The molecule has 1 amide bonds. The number of carbonyl (C=O) groups excluding carboxylic acids is 1. The fourth-order valence-electron chi connectivity index (χ4n) is 1.34. The Labute approximate surface area is 96.5 Å². The number of hydrogen-bond donors (Lipinski definition) is 1. The summed E-state index contributed by atoms with van der Waals surface area (Å²) in [4.78, 5) is 16.9. The van der Waals surface area contributed by atoms with E-state index < -0.39 is 0 Å². The number of anilines is 1. The van der Waals surface area contributed by atoms with Crippen LogP contribution in [0.1, 0.15) is 5.76 Å². The van der Waals surface area contributed by atoms with E-state index in [1.165, 1.54) is 11.3 Å². The number of carbonyl (C=O) groups is 1. The van der Waals surface area contributed by atoms with Crippen molar-refractivity contribution in [2.45, 2.75) is 6.54 Å². The molecule has 2 rings (SSSR count). The molecule has 0 aromatic carbocycles. The second kappa shape index (κ2) is 4.80. The predicted molar refractivity (Wildman–Crippen MR) is 61.1 cm³/mol. The summed E-state index contributed by atoms with van der Waals surface area (Å²) < 4.78 is 5.23. The Morgan fingerprint density at radius 2 is 2.50 bits per heavy atom. The molecule has 84 valence electrons. The highest BCUT2D eigenvalue weighted by Crippen LogP contribution is 2.19. The van der Waals surface area contributed by atoms with Crippen LogP contribution in [0, 0.1) is 0 Å². The standard InChI is InChI=1S/C10H11N3O2S/c11-9(14)7-13(10-12-3-5-16-10)6-8-2-1-4-15-8/h1-5H,6-7H2,(H2,11,14). The molecule has 0 spiro atoms. The first kappa shape index (κ1) is 10.7. The molecule has 2 heterocycles. The van der Waals surface area contributed by atoms with Gasteiger partial charge in [-0.1, -0.05) is 0 Å². The van der Waals surface area contributed by atoms with Crippen molar-refractivity contribution in [2.24, 2.45) is 5.73 Å². The van der Waals surface area contributed by atoms with Gasteiger partial charge < -0.3 is 15.1 Å². The molecule has 0 fully saturated rings. The number of amides is 1. The maximum absolute atomic E-state index is 11.0. The molecule has 0 atom stereocenters. The van der Waals surface area contributed by atoms with E-state index in [2.05, 4.69) is 4.98 Å². The van der Waals surface area contributed by atoms with Crippen LogP contribution >= 0.6 is 11.3 Å². The first-order chi connectivity index (χ1) is 7.75. The van der Waals surface area contributed by atoms with Gasteiger partial charge in [0, 0.05) is 11.6 Å². The van der Waals surface area contributed by atoms with Crippen molar-refractivity contribution in [3.8, 4) is 0 Å². The van der Waals surface area contributed by atoms with Crippen LogP contribution in [-0.4, -0.2) is 17.4 Å². The molecular weight excluding hydrogens is 226 g/mol. The van der Waals surface area contributed by atoms with Gasteiger partial charge in [-0.3, -0.25) is 4.79 Å². The average molecular weight is 237 g/mol. The number of hydrogen-bond acceptors (Lipinski definition) is 5. The predicted octanol–water partition coefficient (Wildman–Crippen LogP) is 1.23. The van der Waals surface area contributed by atoms with E-state index in [1.807, 2.05) is 11.4 Å². The number of nitrogens with two attached hydrogens (primary N) is 1. The molecular formula is C10H11N3O2S. The zero-order valence-electron chi connectivity index (χ0n) is 8.50. The molecule has 0 aliphatic carbocycles. The topological polar surface area (TPSA) is 72.4 Å². The van der Waals surface area contributed by atoms with E-state index in [9.17, 15) is 4.79 Å². The minimum absolute atomic E-state index is 0.133. The Kier molecular flexibility index (Phi) is 3.21. The van der Waals surface area contributed by atoms with Crippen LogP contribution in [0.3, 0.4) is 0 Å². The van der Waals surface area contributed by atoms with E-state index in [4.69, 9.17) is 10.2 Å². The van der Waals surface area contributed by atoms with E-state index >= 15 is 0 Å². The maximum Gasteiger partial charge on any atom is 0.237 e. The Balaban J connectivity index is 2.12. The van der Waals surface area contributed by atoms with Crippen molar-refractivity contribution in [3.05, 3.63) is 35.7 Å². The summed E-state index contributed by atoms with van der Waals surface area (Å²) in [5.41, 5.74) is 5.19. The summed E-state index contributed by atoms with van der Waals surface area (Å²) in [7, 11) is 0. The number of furan rings is 1. The van der Waals surface area contributed by atoms with Crippen LogP contribution in [0.5, 0.6) is 0 Å². The highest BCUT2D eigenvalue weighted by atomic mass is 32.1. The minimum Gasteiger partial charge on any atom is -0.467 e. The molecule has 5 nitrogen and oxygen atoms in total. The van der Waals surface area contributed by atoms with Gasteiger partial charge in [0.05, 0.1) is 19.4 Å². The zero-order chi connectivity index (χ0) is 11.4. The van der Waals surface area contributed by atoms with Crippen LogP contribution in [0.4, 0.5) is 5.13 Å². The number of thiazole rings is 1. The molecule has 2 N–H and O–H groups in total. The highest BCUT2D eigenvalue weighted by Gasteiger charge is 2.13. The lowest BCUT2D eigenvalue weighted by Crippen LogP contribution is -2.33. The SMILES string of the molecule is NC(=O)CN(Cc1ccco1)c1nccs1. The van der Waals surface area contributed by atoms with Gasteiger partial charge in [0.25, 0.3) is 0 Å². The van der Waals surface area contributed by atoms with E-state index in [1.54, 1.807) is 23.4 Å². The van der Waals surface area contributed by atoms with Crippen LogP contribution in [0.2, 0.25) is 0 Å². The normalized spacial score (nSPS) is 10.2. The summed E-state index contributed by atoms with van der Waals surface area (Å²) >= 11 is 1.46. The third-order valence-electron chi connectivity index (χ3n) is 1.96. The summed E-state index contributed by atoms with van der Waals surface area (Å²) in [6.07, 6.45) is 3.29. The first-order valence-electron chi connectivity index (χ1n) is 4.71. The molecule has 0 saturated heterocycles. The lowest BCUT2D eigenvalue weighted by molar-refractivity contribution is -0.116. The summed E-state index contributed by atoms with van der Waals surface area (Å²) in [6.45, 7) is 0.623. The van der Waals surface area contributed by atoms with Crippen LogP contribution < -0.4 is 10.6 Å². The monoisotopic (exact) mass is 237 g/mol. The molecule has 0 saturated carbocycles. The lowest BCUT2D eigenvalue weighted by Gasteiger charge is -2.18. The molecule has 2 aromatic rings. The van der Waals surface area contributed by atoms with Crippen LogP contribution in [0.25, 0.3) is 0 Å². The quantitative estimate of drug-likeness (QED) is 0.848. The fraction of sp³-hybridized carbons (Fsp3) is 0.200. The third-order valence-corrected chi connectivity index (χ3v) is 2.80. The lowest BCUT2D eigenvalue weighted by atomic mass is 10.4. The van der Waals surface area contributed by atoms with Crippen LogP contribution in [0.15, 0.2) is 34.4 Å². The molecule has 0 unspecified atom stereocenters. The third kappa shape index (κ3) is 2.60. The Morgan fingerprint density at radius 1 is 1.62 bits per heavy atom. The molecule has 16 heavy (non-hydrogen) atoms. The minimum atomic E-state index is -0.387. The van der Waals surface area contributed by atoms with Crippen molar-refractivity contribution in [3.63, 3.8) is 0 Å². The maximum atomic E-state index is 11.0. The Hall–Kier alpha value is -1.82. The van der Waals surface area contributed by atoms with Gasteiger partial charge in [-0.05, 0) is 12.1 Å². The molecule has 6 heteroatoms. The number of nitrogens with zero attached hydrogens (tertiary/aromatic N) is 2. The summed E-state index contributed by atoms with van der Waals surface area (Å²) in [5, 5.41) is 2.61. The Morgan fingerprint density at radius 3 is 3.06 bits per heavy atom. The summed E-state index contributed by atoms with van der Waals surface area (Å²) in [5.74, 6) is 0.387. The van der Waals surface area contributed by atoms with E-state index in [0.717, 1.165) is 10.9 Å². The fourth-order valence-corrected chi connectivity index (χ4v) is 1.99. The van der Waals surface area contributed by atoms with Gasteiger partial charge >= 0.3 is 0 Å². The van der Waals surface area contributed by atoms with Gasteiger partial charge in [0.15, 0.2) is 5.13 Å². The second-order valence-corrected chi connectivity index (χ2v) is 4.09. The zero-order valence-corrected chi connectivity index (χ0v) is 9.31. The molecule has 0 radical (unpaired) electrons. The second-order valence-electron chi connectivity index (χ2n) is 3.22. The largest absolute Gasteiger partial charge is 0.467 e. The molecule has 0 bridgehead atoms. The number of primary amides is 1. The van der Waals surface area contributed by atoms with Gasteiger partial charge in [-0.2, -0.15) is 0 Å². The summed E-state index contributed by atoms with van der Waals surface area (Å²) in [6, 6.07) is 3.65. The highest BCUT2D eigenvalue weighted by molar-refractivity contribution is 7.13. The van der Waals surface area contributed by atoms with Gasteiger partial charge in [-0.15, -0.1) is 11.3 Å². The van der Waals surface area contributed by atoms with E-state index in [0.29, 0.717) is 6.54 Å². The van der Waals surface area contributed by atoms with Gasteiger partial charge in [0.2, 0.25) is 5.91 Å². The molecule has 2 aromatic heterocycles. The van der Waals surface area contributed by atoms with Crippen molar-refractivity contribution in [1.29, 1.82) is 0 Å². The van der Waals surface area contributed by atoms with Crippen molar-refractivity contribution >= 4 is 22.4 Å². The van der Waals surface area contributed by atoms with Crippen molar-refractivity contribution in [2.75, 3.05) is 11.4 Å². The van der Waals surface area contributed by atoms with E-state index in [-0.39, 0.29) is 12.5 Å². The van der Waals surface area contributed by atoms with Crippen molar-refractivity contribution in [1.82, 2.24) is 4.98 Å². The van der Waals surface area contributed by atoms with Crippen molar-refractivity contribution < 1.29 is 9.21 Å². The number of rotatable bonds is 5. The van der Waals surface area contributed by atoms with Gasteiger partial charge in [0.1, 0.15) is 5.76 Å². The molecule has 0 aliphatic heterocycles. The van der Waals surface area contributed by atoms with Gasteiger partial charge in [-0.25, -0.2) is 4.98 Å². The average Bonchev–Trinajstić information content (AvgIpc) is 2.88. The van der Waals surface area contributed by atoms with Crippen LogP contribution in [-0.2, 0) is 11.3 Å². The molecule has 0 aliphatic rings. The first-order valence-corrected chi connectivity index (χ1v) is 5.59. The Bertz CT molecular complexity index is 439.